The normalized spacial score (nSPS) is 26.7. The Morgan fingerprint density at radius 2 is 2.54 bits per heavy atom. The van der Waals surface area contributed by atoms with Gasteiger partial charge in [-0.3, -0.25) is 4.79 Å². The predicted octanol–water partition coefficient (Wildman–Crippen LogP) is 1.69. The lowest BCUT2D eigenvalue weighted by Crippen LogP contribution is -2.21. The van der Waals surface area contributed by atoms with Crippen molar-refractivity contribution in [3.63, 3.8) is 0 Å². The van der Waals surface area contributed by atoms with Crippen LogP contribution in [0.25, 0.3) is 0 Å². The highest BCUT2D eigenvalue weighted by Gasteiger charge is 2.31. The number of nitrogens with zero attached hydrogens (tertiary/aromatic N) is 1. The van der Waals surface area contributed by atoms with Gasteiger partial charge in [-0.05, 0) is 11.4 Å². The summed E-state index contributed by atoms with van der Waals surface area (Å²) in [6, 6.07) is 3.94. The van der Waals surface area contributed by atoms with Crippen LogP contribution in [-0.2, 0) is 9.63 Å². The molecule has 2 rings (SSSR count). The highest BCUT2D eigenvalue weighted by molar-refractivity contribution is 7.12. The molecule has 13 heavy (non-hydrogen) atoms. The molecule has 1 aliphatic rings. The van der Waals surface area contributed by atoms with E-state index in [9.17, 15) is 4.79 Å². The molecule has 2 atom stereocenters. The van der Waals surface area contributed by atoms with Crippen LogP contribution in [0.15, 0.2) is 22.7 Å². The van der Waals surface area contributed by atoms with E-state index in [2.05, 4.69) is 5.16 Å². The molecule has 0 bridgehead atoms. The second kappa shape index (κ2) is 3.30. The van der Waals surface area contributed by atoms with Crippen LogP contribution in [0.5, 0.6) is 0 Å². The summed E-state index contributed by atoms with van der Waals surface area (Å²) in [6.45, 7) is 1.95. The van der Waals surface area contributed by atoms with Gasteiger partial charge in [-0.25, -0.2) is 0 Å². The molecule has 0 aromatic carbocycles. The van der Waals surface area contributed by atoms with E-state index in [-0.39, 0.29) is 5.92 Å². The van der Waals surface area contributed by atoms with Gasteiger partial charge in [0, 0.05) is 5.92 Å². The molecular weight excluding hydrogens is 186 g/mol. The highest BCUT2D eigenvalue weighted by atomic mass is 32.1. The molecule has 0 amide bonds. The molecule has 0 saturated carbocycles. The number of hydrogen-bond acceptors (Lipinski definition) is 4. The molecule has 2 heterocycles. The van der Waals surface area contributed by atoms with Crippen LogP contribution in [0.2, 0.25) is 0 Å². The highest BCUT2D eigenvalue weighted by Crippen LogP contribution is 2.24. The molecule has 3 nitrogen and oxygen atoms in total. The summed E-state index contributed by atoms with van der Waals surface area (Å²) in [5.41, 5.74) is 0.882. The molecule has 0 saturated heterocycles. The van der Waals surface area contributed by atoms with Crippen LogP contribution in [0, 0.1) is 5.92 Å². The monoisotopic (exact) mass is 195 g/mol. The fourth-order valence-corrected chi connectivity index (χ4v) is 2.09. The third-order valence-electron chi connectivity index (χ3n) is 2.10. The number of carbonyl (C=O) groups excluding carboxylic acids is 1. The van der Waals surface area contributed by atoms with Gasteiger partial charge >= 0.3 is 0 Å². The van der Waals surface area contributed by atoms with Crippen molar-refractivity contribution in [3.8, 4) is 0 Å². The fraction of sp³-hybridized carbons (Fsp3) is 0.333. The SMILES string of the molecule is CC1C(c2cccs2)=NOC1C=O. The zero-order valence-electron chi connectivity index (χ0n) is 7.14. The third kappa shape index (κ3) is 1.37. The summed E-state index contributed by atoms with van der Waals surface area (Å²) >= 11 is 1.61. The van der Waals surface area contributed by atoms with Crippen molar-refractivity contribution in [2.75, 3.05) is 0 Å². The second-order valence-corrected chi connectivity index (χ2v) is 3.90. The molecule has 68 valence electrons. The molecule has 1 aromatic rings. The van der Waals surface area contributed by atoms with Crippen LogP contribution in [0.1, 0.15) is 11.8 Å². The summed E-state index contributed by atoms with van der Waals surface area (Å²) in [4.78, 5) is 16.6. The Morgan fingerprint density at radius 3 is 3.08 bits per heavy atom. The molecule has 1 aliphatic heterocycles. The van der Waals surface area contributed by atoms with Crippen LogP contribution < -0.4 is 0 Å². The van der Waals surface area contributed by atoms with Gasteiger partial charge in [0.25, 0.3) is 0 Å². The maximum Gasteiger partial charge on any atom is 0.190 e. The number of rotatable bonds is 2. The van der Waals surface area contributed by atoms with Gasteiger partial charge < -0.3 is 4.84 Å². The van der Waals surface area contributed by atoms with E-state index in [0.29, 0.717) is 0 Å². The zero-order valence-corrected chi connectivity index (χ0v) is 7.95. The first kappa shape index (κ1) is 8.44. The predicted molar refractivity (Wildman–Crippen MR) is 51.0 cm³/mol. The maximum atomic E-state index is 10.5. The minimum absolute atomic E-state index is 0.0659. The molecule has 4 heteroatoms. The minimum Gasteiger partial charge on any atom is -0.384 e. The van der Waals surface area contributed by atoms with Gasteiger partial charge in [-0.1, -0.05) is 18.1 Å². The van der Waals surface area contributed by atoms with E-state index in [1.54, 1.807) is 11.3 Å². The Morgan fingerprint density at radius 1 is 1.69 bits per heavy atom. The molecule has 0 spiro atoms. The quantitative estimate of drug-likeness (QED) is 0.673. The average Bonchev–Trinajstić information content (AvgIpc) is 2.72. The lowest BCUT2D eigenvalue weighted by molar-refractivity contribution is -0.117. The molecule has 0 N–H and O–H groups in total. The number of hydrogen-bond donors (Lipinski definition) is 0. The first-order valence-corrected chi connectivity index (χ1v) is 4.94. The fourth-order valence-electron chi connectivity index (χ4n) is 1.28. The Balaban J connectivity index is 2.24. The van der Waals surface area contributed by atoms with Crippen molar-refractivity contribution in [2.24, 2.45) is 11.1 Å². The van der Waals surface area contributed by atoms with Crippen molar-refractivity contribution in [3.05, 3.63) is 22.4 Å². The van der Waals surface area contributed by atoms with Crippen LogP contribution in [-0.4, -0.2) is 18.1 Å². The zero-order chi connectivity index (χ0) is 9.26. The van der Waals surface area contributed by atoms with Gasteiger partial charge in [0.15, 0.2) is 12.4 Å². The Bertz CT molecular complexity index is 331. The summed E-state index contributed by atoms with van der Waals surface area (Å²) in [7, 11) is 0. The second-order valence-electron chi connectivity index (χ2n) is 2.95. The topological polar surface area (TPSA) is 38.7 Å². The average molecular weight is 195 g/mol. The van der Waals surface area contributed by atoms with Crippen molar-refractivity contribution < 1.29 is 9.63 Å². The standard InChI is InChI=1S/C9H9NO2S/c1-6-7(5-11)12-10-9(6)8-3-2-4-13-8/h2-7H,1H3. The van der Waals surface area contributed by atoms with Gasteiger partial charge in [-0.15, -0.1) is 11.3 Å². The van der Waals surface area contributed by atoms with E-state index in [0.717, 1.165) is 16.9 Å². The lowest BCUT2D eigenvalue weighted by atomic mass is 10.00. The Kier molecular flexibility index (Phi) is 2.14. The number of carbonyl (C=O) groups is 1. The molecule has 0 radical (unpaired) electrons. The van der Waals surface area contributed by atoms with Crippen LogP contribution in [0.3, 0.4) is 0 Å². The van der Waals surface area contributed by atoms with E-state index >= 15 is 0 Å². The van der Waals surface area contributed by atoms with E-state index in [1.165, 1.54) is 0 Å². The van der Waals surface area contributed by atoms with Crippen LogP contribution >= 0.6 is 11.3 Å². The van der Waals surface area contributed by atoms with E-state index < -0.39 is 6.10 Å². The largest absolute Gasteiger partial charge is 0.384 e. The van der Waals surface area contributed by atoms with Gasteiger partial charge in [0.2, 0.25) is 0 Å². The molecule has 0 aliphatic carbocycles. The van der Waals surface area contributed by atoms with Crippen molar-refractivity contribution in [1.82, 2.24) is 0 Å². The maximum absolute atomic E-state index is 10.5. The molecule has 0 fully saturated rings. The Hall–Kier alpha value is -1.16. The van der Waals surface area contributed by atoms with Crippen LogP contribution in [0.4, 0.5) is 0 Å². The van der Waals surface area contributed by atoms with Gasteiger partial charge in [0.05, 0.1) is 4.88 Å². The number of oxime groups is 1. The minimum atomic E-state index is -0.405. The summed E-state index contributed by atoms with van der Waals surface area (Å²) in [5.74, 6) is 0.0659. The number of thiophene rings is 1. The Labute approximate surface area is 80.0 Å². The summed E-state index contributed by atoms with van der Waals surface area (Å²) in [6.07, 6.45) is 0.395. The first-order valence-electron chi connectivity index (χ1n) is 4.06. The molecular formula is C9H9NO2S. The van der Waals surface area contributed by atoms with Gasteiger partial charge in [-0.2, -0.15) is 0 Å². The third-order valence-corrected chi connectivity index (χ3v) is 3.00. The smallest absolute Gasteiger partial charge is 0.190 e. The van der Waals surface area contributed by atoms with E-state index in [1.807, 2.05) is 24.4 Å². The molecule has 1 aromatic heterocycles. The molecule has 2 unspecified atom stereocenters. The summed E-state index contributed by atoms with van der Waals surface area (Å²) in [5, 5.41) is 5.89. The van der Waals surface area contributed by atoms with Crippen molar-refractivity contribution in [2.45, 2.75) is 13.0 Å². The summed E-state index contributed by atoms with van der Waals surface area (Å²) < 4.78 is 0. The van der Waals surface area contributed by atoms with E-state index in [4.69, 9.17) is 4.84 Å². The van der Waals surface area contributed by atoms with Crippen molar-refractivity contribution in [1.29, 1.82) is 0 Å². The number of aldehydes is 1. The van der Waals surface area contributed by atoms with Crippen molar-refractivity contribution >= 4 is 23.3 Å². The first-order chi connectivity index (χ1) is 6.33. The lowest BCUT2D eigenvalue weighted by Gasteiger charge is -2.05. The van der Waals surface area contributed by atoms with Gasteiger partial charge in [0.1, 0.15) is 5.71 Å².